The van der Waals surface area contributed by atoms with E-state index in [4.69, 9.17) is 0 Å². The van der Waals surface area contributed by atoms with Gasteiger partial charge in [0.15, 0.2) is 4.90 Å². The molecule has 3 rings (SSSR count). The van der Waals surface area contributed by atoms with Crippen molar-refractivity contribution in [1.29, 1.82) is 0 Å². The van der Waals surface area contributed by atoms with Crippen LogP contribution in [0.4, 0.5) is 25.2 Å². The molecule has 0 unspecified atom stereocenters. The van der Waals surface area contributed by atoms with Gasteiger partial charge in [0.05, 0.1) is 0 Å². The Labute approximate surface area is 164 Å². The van der Waals surface area contributed by atoms with Crippen molar-refractivity contribution in [3.05, 3.63) is 101 Å². The SMILES string of the molecule is F[P-](F)(F)(F)(F)F.[SH2+]c1ccc(Cc2ccccc2)cc1Cc1ccccc1. The molecule has 0 amide bonds. The first kappa shape index (κ1) is 22.3. The molecule has 28 heavy (non-hydrogen) atoms. The van der Waals surface area contributed by atoms with Crippen LogP contribution in [0.25, 0.3) is 0 Å². The van der Waals surface area contributed by atoms with E-state index < -0.39 is 7.81 Å². The Hall–Kier alpha value is -1.98. The van der Waals surface area contributed by atoms with Crippen LogP contribution < -0.4 is 0 Å². The van der Waals surface area contributed by atoms with Crippen molar-refractivity contribution >= 4 is 20.4 Å². The molecular weight excluding hydrogens is 417 g/mol. The first-order valence-corrected chi connectivity index (χ1v) is 10.8. The summed E-state index contributed by atoms with van der Waals surface area (Å²) in [4.78, 5) is 1.18. The number of rotatable bonds is 4. The van der Waals surface area contributed by atoms with E-state index in [-0.39, 0.29) is 0 Å². The molecule has 0 aliphatic heterocycles. The van der Waals surface area contributed by atoms with E-state index in [1.54, 1.807) is 0 Å². The van der Waals surface area contributed by atoms with Gasteiger partial charge in [-0.25, -0.2) is 0 Å². The van der Waals surface area contributed by atoms with E-state index >= 15 is 0 Å². The Balaban J connectivity index is 0.000000345. The molecule has 0 nitrogen and oxygen atoms in total. The third-order valence-corrected chi connectivity index (χ3v) is 4.15. The second kappa shape index (κ2) is 7.80. The minimum atomic E-state index is -10.7. The van der Waals surface area contributed by atoms with Crippen LogP contribution in [0.3, 0.4) is 0 Å². The van der Waals surface area contributed by atoms with Gasteiger partial charge in [0.1, 0.15) is 0 Å². The molecule has 0 spiro atoms. The van der Waals surface area contributed by atoms with Crippen LogP contribution in [0, 0.1) is 0 Å². The quantitative estimate of drug-likeness (QED) is 0.224. The van der Waals surface area contributed by atoms with Crippen molar-refractivity contribution in [3.63, 3.8) is 0 Å². The molecule has 152 valence electrons. The average molecular weight is 436 g/mol. The molecule has 0 atom stereocenters. The van der Waals surface area contributed by atoms with Crippen molar-refractivity contribution in [2.24, 2.45) is 0 Å². The summed E-state index contributed by atoms with van der Waals surface area (Å²) in [7, 11) is -10.7. The van der Waals surface area contributed by atoms with E-state index in [0.29, 0.717) is 0 Å². The zero-order valence-corrected chi connectivity index (χ0v) is 16.5. The van der Waals surface area contributed by atoms with Gasteiger partial charge >= 0.3 is 33.0 Å². The van der Waals surface area contributed by atoms with Gasteiger partial charge in [-0.15, -0.1) is 0 Å². The number of benzene rings is 3. The van der Waals surface area contributed by atoms with Gasteiger partial charge in [0.25, 0.3) is 0 Å². The van der Waals surface area contributed by atoms with Crippen LogP contribution in [-0.2, 0) is 25.5 Å². The molecule has 0 saturated heterocycles. The van der Waals surface area contributed by atoms with Crippen molar-refractivity contribution in [2.75, 3.05) is 0 Å². The Morgan fingerprint density at radius 2 is 1.00 bits per heavy atom. The Morgan fingerprint density at radius 3 is 1.46 bits per heavy atom. The molecule has 0 radical (unpaired) electrons. The number of hydrogen-bond donors (Lipinski definition) is 0. The van der Waals surface area contributed by atoms with E-state index in [9.17, 15) is 25.2 Å². The summed E-state index contributed by atoms with van der Waals surface area (Å²) in [5, 5.41) is 0. The van der Waals surface area contributed by atoms with Crippen molar-refractivity contribution in [1.82, 2.24) is 0 Å². The minimum Gasteiger partial charge on any atom is -0.0622 e. The smallest absolute Gasteiger partial charge is 0.0622 e. The zero-order valence-electron chi connectivity index (χ0n) is 14.6. The molecule has 0 aliphatic rings. The average Bonchev–Trinajstić information content (AvgIpc) is 2.57. The topological polar surface area (TPSA) is 0 Å². The second-order valence-corrected chi connectivity index (χ2v) is 8.73. The predicted octanol–water partition coefficient (Wildman–Crippen LogP) is 7.62. The molecule has 0 heterocycles. The molecular formula is C20H19F6PS. The predicted molar refractivity (Wildman–Crippen MR) is 107 cm³/mol. The third-order valence-electron chi connectivity index (χ3n) is 3.66. The van der Waals surface area contributed by atoms with Crippen LogP contribution in [0.5, 0.6) is 0 Å². The van der Waals surface area contributed by atoms with E-state index in [2.05, 4.69) is 91.5 Å². The molecule has 8 heteroatoms. The first-order valence-electron chi connectivity index (χ1n) is 8.24. The van der Waals surface area contributed by atoms with Crippen LogP contribution in [-0.4, -0.2) is 0 Å². The fraction of sp³-hybridized carbons (Fsp3) is 0.100. The van der Waals surface area contributed by atoms with Crippen LogP contribution in [0.15, 0.2) is 83.8 Å². The largest absolute Gasteiger partial charge is 0.153 e. The summed E-state index contributed by atoms with van der Waals surface area (Å²) in [6.07, 6.45) is 1.94. The van der Waals surface area contributed by atoms with Gasteiger partial charge < -0.3 is 0 Å². The maximum absolute atomic E-state index is 10.7. The molecule has 3 aromatic carbocycles. The van der Waals surface area contributed by atoms with Crippen molar-refractivity contribution in [2.45, 2.75) is 17.7 Å². The van der Waals surface area contributed by atoms with Gasteiger partial charge in [0, 0.05) is 12.0 Å². The number of halogens is 6. The van der Waals surface area contributed by atoms with E-state index in [1.165, 1.54) is 27.1 Å². The summed E-state index contributed by atoms with van der Waals surface area (Å²) in [6, 6.07) is 27.9. The van der Waals surface area contributed by atoms with E-state index in [1.807, 2.05) is 0 Å². The number of hydrogen-bond acceptors (Lipinski definition) is 0. The van der Waals surface area contributed by atoms with Gasteiger partial charge in [-0.2, -0.15) is 0 Å². The summed E-state index contributed by atoms with van der Waals surface area (Å²) in [5.74, 6) is 0. The Kier molecular flexibility index (Phi) is 6.22. The molecule has 0 aromatic heterocycles. The molecule has 0 saturated carbocycles. The van der Waals surface area contributed by atoms with Crippen molar-refractivity contribution in [3.8, 4) is 0 Å². The van der Waals surface area contributed by atoms with Gasteiger partial charge in [-0.1, -0.05) is 72.8 Å². The molecule has 0 aliphatic carbocycles. The Bertz CT molecular complexity index is 899. The molecule has 3 aromatic rings. The van der Waals surface area contributed by atoms with Crippen LogP contribution in [0.2, 0.25) is 0 Å². The summed E-state index contributed by atoms with van der Waals surface area (Å²) < 4.78 is 59.2. The summed E-state index contributed by atoms with van der Waals surface area (Å²) >= 11 is 3.73. The summed E-state index contributed by atoms with van der Waals surface area (Å²) in [6.45, 7) is 0. The van der Waals surface area contributed by atoms with Gasteiger partial charge in [-0.05, 0) is 41.8 Å². The zero-order chi connectivity index (χ0) is 20.9. The molecule has 0 fully saturated rings. The second-order valence-electron chi connectivity index (χ2n) is 6.27. The monoisotopic (exact) mass is 436 g/mol. The fourth-order valence-corrected chi connectivity index (χ4v) is 2.79. The van der Waals surface area contributed by atoms with Crippen LogP contribution >= 0.6 is 7.81 Å². The normalized spacial score (nSPS) is 13.7. The first-order chi connectivity index (χ1) is 12.8. The minimum absolute atomic E-state index is 0.961. The third kappa shape index (κ3) is 10.4. The van der Waals surface area contributed by atoms with Gasteiger partial charge in [0.2, 0.25) is 0 Å². The maximum atomic E-state index is 9.87. The standard InChI is InChI=1S/C20H18S.F6P/c21-20-12-11-18(13-16-7-3-1-4-8-16)15-19(20)14-17-9-5-2-6-10-17;1-7(2,3,4,5)6/h1-12,15,21H,13-14H2;/q;-1/p+1. The fourth-order valence-electron chi connectivity index (χ4n) is 2.55. The maximum Gasteiger partial charge on any atom is 0.153 e. The van der Waals surface area contributed by atoms with Crippen LogP contribution in [0.1, 0.15) is 22.3 Å². The van der Waals surface area contributed by atoms with Gasteiger partial charge in [-0.3, -0.25) is 0 Å². The summed E-state index contributed by atoms with van der Waals surface area (Å²) in [5.41, 5.74) is 5.39. The van der Waals surface area contributed by atoms with E-state index in [0.717, 1.165) is 12.8 Å². The Morgan fingerprint density at radius 1 is 0.571 bits per heavy atom. The molecule has 0 N–H and O–H groups in total. The van der Waals surface area contributed by atoms with Crippen molar-refractivity contribution < 1.29 is 25.2 Å². The molecule has 0 bridgehead atoms.